The van der Waals surface area contributed by atoms with Gasteiger partial charge in [0, 0.05) is 47.9 Å². The second-order valence-electron chi connectivity index (χ2n) is 8.79. The fraction of sp³-hybridized carbons (Fsp3) is 0.250. The first kappa shape index (κ1) is 28.2. The van der Waals surface area contributed by atoms with Gasteiger partial charge >= 0.3 is 5.97 Å². The van der Waals surface area contributed by atoms with E-state index in [0.717, 1.165) is 25.7 Å². The van der Waals surface area contributed by atoms with Gasteiger partial charge in [-0.05, 0) is 60.9 Å². The molecule has 1 aliphatic carbocycles. The van der Waals surface area contributed by atoms with E-state index in [1.807, 2.05) is 0 Å². The SMILES string of the molecule is COP([O-])OCCCCCCNC(=O)c1ccc(C(=O)O)c(-c2c3ccc(=O)cc-3oc3cc(O)ccc23)c1. The quantitative estimate of drug-likeness (QED) is 0.131. The number of nitrogens with one attached hydrogen (secondary N) is 1. The van der Waals surface area contributed by atoms with Crippen LogP contribution in [-0.2, 0) is 9.05 Å². The molecule has 10 nitrogen and oxygen atoms in total. The van der Waals surface area contributed by atoms with Crippen molar-refractivity contribution in [3.63, 3.8) is 0 Å². The molecule has 1 unspecified atom stereocenters. The summed E-state index contributed by atoms with van der Waals surface area (Å²) in [6.45, 7) is 0.754. The van der Waals surface area contributed by atoms with Crippen LogP contribution in [0.25, 0.3) is 33.4 Å². The van der Waals surface area contributed by atoms with Crippen molar-refractivity contribution in [1.82, 2.24) is 5.32 Å². The monoisotopic (exact) mass is 552 g/mol. The molecule has 0 saturated carbocycles. The van der Waals surface area contributed by atoms with E-state index < -0.39 is 14.6 Å². The highest BCUT2D eigenvalue weighted by molar-refractivity contribution is 7.38. The van der Waals surface area contributed by atoms with E-state index >= 15 is 0 Å². The maximum absolute atomic E-state index is 13.0. The second-order valence-corrected chi connectivity index (χ2v) is 9.86. The summed E-state index contributed by atoms with van der Waals surface area (Å²) < 4.78 is 15.4. The lowest BCUT2D eigenvalue weighted by atomic mass is 9.89. The van der Waals surface area contributed by atoms with Crippen LogP contribution in [0.15, 0.2) is 63.8 Å². The molecule has 4 rings (SSSR count). The van der Waals surface area contributed by atoms with E-state index in [4.69, 9.17) is 8.94 Å². The molecule has 1 aliphatic heterocycles. The minimum Gasteiger partial charge on any atom is -0.786 e. The maximum Gasteiger partial charge on any atom is 0.336 e. The number of fused-ring (bicyclic) bond motifs is 2. The number of phenols is 1. The first-order chi connectivity index (χ1) is 18.8. The fourth-order valence-electron chi connectivity index (χ4n) is 4.30. The third-order valence-electron chi connectivity index (χ3n) is 6.16. The summed E-state index contributed by atoms with van der Waals surface area (Å²) in [4.78, 5) is 48.2. The number of rotatable bonds is 12. The van der Waals surface area contributed by atoms with Gasteiger partial charge in [0.15, 0.2) is 5.43 Å². The van der Waals surface area contributed by atoms with Crippen LogP contribution in [0.4, 0.5) is 0 Å². The highest BCUT2D eigenvalue weighted by atomic mass is 31.2. The molecule has 1 heterocycles. The Hall–Kier alpha value is -3.82. The van der Waals surface area contributed by atoms with Gasteiger partial charge in [0.25, 0.3) is 5.91 Å². The number of carboxylic acid groups (broad SMARTS) is 1. The zero-order valence-electron chi connectivity index (χ0n) is 21.1. The summed E-state index contributed by atoms with van der Waals surface area (Å²) in [7, 11) is -0.750. The zero-order chi connectivity index (χ0) is 27.9. The number of aromatic carboxylic acids is 1. The Bertz CT molecular complexity index is 1520. The van der Waals surface area contributed by atoms with Crippen molar-refractivity contribution in [3.05, 3.63) is 75.9 Å². The molecule has 204 valence electrons. The molecular formula is C28H27NO9P-. The molecule has 2 aromatic carbocycles. The van der Waals surface area contributed by atoms with Crippen molar-refractivity contribution in [2.45, 2.75) is 25.7 Å². The molecule has 1 atom stereocenters. The molecule has 2 aliphatic rings. The first-order valence-corrected chi connectivity index (χ1v) is 13.4. The second kappa shape index (κ2) is 12.8. The number of amides is 1. The molecule has 1 amide bonds. The van der Waals surface area contributed by atoms with E-state index in [2.05, 4.69) is 9.84 Å². The topological polar surface area (TPSA) is 158 Å². The molecule has 39 heavy (non-hydrogen) atoms. The van der Waals surface area contributed by atoms with Crippen LogP contribution in [0.2, 0.25) is 0 Å². The van der Waals surface area contributed by atoms with Crippen molar-refractivity contribution in [3.8, 4) is 28.2 Å². The van der Waals surface area contributed by atoms with Crippen molar-refractivity contribution in [2.24, 2.45) is 0 Å². The lowest BCUT2D eigenvalue weighted by Gasteiger charge is -2.19. The van der Waals surface area contributed by atoms with Crippen LogP contribution in [0.5, 0.6) is 5.75 Å². The van der Waals surface area contributed by atoms with Gasteiger partial charge in [-0.15, -0.1) is 0 Å². The van der Waals surface area contributed by atoms with E-state index in [1.165, 1.54) is 49.6 Å². The van der Waals surface area contributed by atoms with Crippen molar-refractivity contribution in [1.29, 1.82) is 0 Å². The van der Waals surface area contributed by atoms with E-state index in [0.29, 0.717) is 29.7 Å². The average molecular weight is 552 g/mol. The Labute approximate surface area is 225 Å². The van der Waals surface area contributed by atoms with Crippen LogP contribution in [0.3, 0.4) is 0 Å². The number of phenolic OH excluding ortho intramolecular Hbond substituents is 1. The lowest BCUT2D eigenvalue weighted by Crippen LogP contribution is -2.24. The minimum atomic E-state index is -2.06. The van der Waals surface area contributed by atoms with Gasteiger partial charge in [-0.25, -0.2) is 4.79 Å². The normalized spacial score (nSPS) is 12.1. The maximum atomic E-state index is 13.0. The average Bonchev–Trinajstić information content (AvgIpc) is 2.92. The molecule has 3 N–H and O–H groups in total. The Morgan fingerprint density at radius 1 is 1.00 bits per heavy atom. The number of aromatic hydroxyl groups is 1. The molecule has 2 aromatic rings. The number of carbonyl (C=O) groups is 2. The van der Waals surface area contributed by atoms with Gasteiger partial charge in [-0.2, -0.15) is 0 Å². The predicted molar refractivity (Wildman–Crippen MR) is 144 cm³/mol. The third-order valence-corrected chi connectivity index (χ3v) is 6.85. The molecule has 0 saturated heterocycles. The van der Waals surface area contributed by atoms with Crippen LogP contribution in [0.1, 0.15) is 46.4 Å². The van der Waals surface area contributed by atoms with Gasteiger partial charge in [-0.1, -0.05) is 12.8 Å². The van der Waals surface area contributed by atoms with Crippen molar-refractivity contribution < 1.29 is 38.2 Å². The number of benzene rings is 3. The van der Waals surface area contributed by atoms with Crippen LogP contribution >= 0.6 is 8.60 Å². The van der Waals surface area contributed by atoms with Gasteiger partial charge < -0.3 is 33.9 Å². The Morgan fingerprint density at radius 3 is 2.56 bits per heavy atom. The lowest BCUT2D eigenvalue weighted by molar-refractivity contribution is -0.202. The Morgan fingerprint density at radius 2 is 1.79 bits per heavy atom. The Balaban J connectivity index is 1.59. The molecule has 0 bridgehead atoms. The van der Waals surface area contributed by atoms with Crippen molar-refractivity contribution >= 4 is 31.4 Å². The fourth-order valence-corrected chi connectivity index (χ4v) is 4.69. The Kier molecular flexibility index (Phi) is 9.27. The number of hydrogen-bond acceptors (Lipinski definition) is 8. The zero-order valence-corrected chi connectivity index (χ0v) is 22.0. The molecule has 0 aromatic heterocycles. The minimum absolute atomic E-state index is 0.0305. The summed E-state index contributed by atoms with van der Waals surface area (Å²) in [5.41, 5.74) is 1.45. The first-order valence-electron chi connectivity index (χ1n) is 12.3. The van der Waals surface area contributed by atoms with Crippen LogP contribution < -0.4 is 15.6 Å². The number of hydrogen-bond donors (Lipinski definition) is 3. The van der Waals surface area contributed by atoms with E-state index in [-0.39, 0.29) is 45.1 Å². The third kappa shape index (κ3) is 6.79. The summed E-state index contributed by atoms with van der Waals surface area (Å²) in [6.07, 6.45) is 3.10. The molecular weight excluding hydrogens is 525 g/mol. The highest BCUT2D eigenvalue weighted by Crippen LogP contribution is 2.42. The van der Waals surface area contributed by atoms with Gasteiger partial charge in [-0.3, -0.25) is 9.59 Å². The molecule has 0 fully saturated rings. The van der Waals surface area contributed by atoms with Gasteiger partial charge in [0.1, 0.15) is 17.1 Å². The standard InChI is InChI=1S/C28H27NO9P/c1-36-39(35)37-13-5-3-2-4-12-29-27(32)17-6-9-20(28(33)34)23(14-17)26-21-10-7-18(30)15-24(21)38-25-16-19(31)8-11-22(25)26/h6-11,14-16,30H,2-5,12-13H2,1H3,(H,29,32)(H,33,34)/q-1. The largest absolute Gasteiger partial charge is 0.786 e. The number of carbonyl (C=O) groups excluding carboxylic acids is 1. The van der Waals surface area contributed by atoms with Gasteiger partial charge in [0.2, 0.25) is 0 Å². The highest BCUT2D eigenvalue weighted by Gasteiger charge is 2.23. The van der Waals surface area contributed by atoms with Crippen LogP contribution in [-0.4, -0.2) is 42.4 Å². The molecule has 0 radical (unpaired) electrons. The molecule has 0 spiro atoms. The number of unbranched alkanes of at least 4 members (excludes halogenated alkanes) is 3. The molecule has 11 heteroatoms. The van der Waals surface area contributed by atoms with E-state index in [1.54, 1.807) is 12.1 Å². The smallest absolute Gasteiger partial charge is 0.336 e. The van der Waals surface area contributed by atoms with Gasteiger partial charge in [0.05, 0.1) is 20.8 Å². The summed E-state index contributed by atoms with van der Waals surface area (Å²) in [5.74, 6) is -1.37. The number of carboxylic acids is 1. The van der Waals surface area contributed by atoms with Crippen LogP contribution in [0, 0.1) is 0 Å². The summed E-state index contributed by atoms with van der Waals surface area (Å²) in [5, 5.41) is 23.3. The summed E-state index contributed by atoms with van der Waals surface area (Å²) >= 11 is 0. The summed E-state index contributed by atoms with van der Waals surface area (Å²) in [6, 6.07) is 13.0. The van der Waals surface area contributed by atoms with E-state index in [9.17, 15) is 29.5 Å². The van der Waals surface area contributed by atoms with Crippen molar-refractivity contribution in [2.75, 3.05) is 20.3 Å². The predicted octanol–water partition coefficient (Wildman–Crippen LogP) is 4.51.